The van der Waals surface area contributed by atoms with Crippen LogP contribution in [0.25, 0.3) is 0 Å². The molecule has 0 aromatic heterocycles. The number of nitrogens with one attached hydrogen (secondary N) is 1. The van der Waals surface area contributed by atoms with Gasteiger partial charge in [0.2, 0.25) is 5.91 Å². The van der Waals surface area contributed by atoms with Gasteiger partial charge in [-0.1, -0.05) is 0 Å². The fourth-order valence-electron chi connectivity index (χ4n) is 2.46. The van der Waals surface area contributed by atoms with E-state index in [1.807, 2.05) is 29.2 Å². The number of hydrogen-bond donors (Lipinski definition) is 2. The number of anilines is 1. The molecule has 0 aliphatic carbocycles. The Kier molecular flexibility index (Phi) is 6.22. The van der Waals surface area contributed by atoms with E-state index in [-0.39, 0.29) is 5.91 Å². The number of amides is 1. The average Bonchev–Trinajstić information content (AvgIpc) is 2.56. The van der Waals surface area contributed by atoms with Crippen molar-refractivity contribution in [3.8, 4) is 5.75 Å². The molecule has 0 unspecified atom stereocenters. The molecule has 7 heteroatoms. The van der Waals surface area contributed by atoms with E-state index in [0.29, 0.717) is 12.5 Å². The molecule has 1 fully saturated rings. The second-order valence-electron chi connectivity index (χ2n) is 5.47. The van der Waals surface area contributed by atoms with Crippen LogP contribution in [0.1, 0.15) is 6.92 Å². The van der Waals surface area contributed by atoms with Crippen LogP contribution < -0.4 is 15.8 Å². The third kappa shape index (κ3) is 5.45. The highest BCUT2D eigenvalue weighted by Gasteiger charge is 2.17. The molecule has 2 rings (SSSR count). The number of carbonyl (C=O) groups excluding carboxylic acids is 1. The minimum absolute atomic E-state index is 0.149. The molecule has 23 heavy (non-hydrogen) atoms. The Bertz CT molecular complexity index is 536. The minimum atomic E-state index is 0.149. The molecule has 1 aromatic rings. The van der Waals surface area contributed by atoms with Crippen molar-refractivity contribution in [2.24, 2.45) is 10.7 Å². The maximum atomic E-state index is 11.3. The molecule has 7 nitrogen and oxygen atoms in total. The maximum Gasteiger partial charge on any atom is 0.219 e. The lowest BCUT2D eigenvalue weighted by atomic mass is 10.3. The topological polar surface area (TPSA) is 83.2 Å². The average molecular weight is 319 g/mol. The van der Waals surface area contributed by atoms with Crippen LogP contribution in [0.5, 0.6) is 5.75 Å². The van der Waals surface area contributed by atoms with Gasteiger partial charge in [0, 0.05) is 45.3 Å². The van der Waals surface area contributed by atoms with Crippen molar-refractivity contribution < 1.29 is 9.53 Å². The van der Waals surface area contributed by atoms with Gasteiger partial charge in [-0.05, 0) is 24.3 Å². The quantitative estimate of drug-likeness (QED) is 0.613. The summed E-state index contributed by atoms with van der Waals surface area (Å²) in [5.74, 6) is 1.35. The molecule has 0 spiro atoms. The first kappa shape index (κ1) is 17.1. The number of rotatable bonds is 5. The summed E-state index contributed by atoms with van der Waals surface area (Å²) in [6.45, 7) is 6.45. The Morgan fingerprint density at radius 3 is 2.48 bits per heavy atom. The fraction of sp³-hybridized carbons (Fsp3) is 0.500. The van der Waals surface area contributed by atoms with Crippen LogP contribution in [0.3, 0.4) is 0 Å². The van der Waals surface area contributed by atoms with E-state index < -0.39 is 0 Å². The third-order valence-electron chi connectivity index (χ3n) is 3.88. The summed E-state index contributed by atoms with van der Waals surface area (Å²) in [7, 11) is 1.63. The van der Waals surface area contributed by atoms with E-state index >= 15 is 0 Å². The molecular weight excluding hydrogens is 294 g/mol. The Labute approximate surface area is 137 Å². The first-order valence-corrected chi connectivity index (χ1v) is 7.77. The molecule has 1 aromatic carbocycles. The first-order valence-electron chi connectivity index (χ1n) is 7.77. The van der Waals surface area contributed by atoms with Gasteiger partial charge >= 0.3 is 0 Å². The number of ether oxygens (including phenoxy) is 1. The smallest absolute Gasteiger partial charge is 0.219 e. The lowest BCUT2D eigenvalue weighted by Crippen LogP contribution is -2.48. The lowest BCUT2D eigenvalue weighted by molar-refractivity contribution is -0.130. The summed E-state index contributed by atoms with van der Waals surface area (Å²) >= 11 is 0. The van der Waals surface area contributed by atoms with Crippen molar-refractivity contribution in [3.05, 3.63) is 24.3 Å². The highest BCUT2D eigenvalue weighted by molar-refractivity contribution is 5.92. The predicted octanol–water partition coefficient (Wildman–Crippen LogP) is 0.586. The molecule has 1 aliphatic heterocycles. The van der Waals surface area contributed by atoms with Crippen LogP contribution in [0, 0.1) is 0 Å². The summed E-state index contributed by atoms with van der Waals surface area (Å²) in [5, 5.41) is 3.05. The highest BCUT2D eigenvalue weighted by Crippen LogP contribution is 2.14. The number of nitrogens with two attached hydrogens (primary N) is 1. The van der Waals surface area contributed by atoms with Crippen LogP contribution in [0.2, 0.25) is 0 Å². The van der Waals surface area contributed by atoms with Gasteiger partial charge < -0.3 is 20.7 Å². The Balaban J connectivity index is 1.71. The van der Waals surface area contributed by atoms with Crippen LogP contribution >= 0.6 is 0 Å². The number of methoxy groups -OCH3 is 1. The highest BCUT2D eigenvalue weighted by atomic mass is 16.5. The molecular formula is C16H25N5O2. The molecule has 126 valence electrons. The van der Waals surface area contributed by atoms with Gasteiger partial charge in [0.15, 0.2) is 5.96 Å². The number of piperazine rings is 1. The molecule has 0 bridgehead atoms. The predicted molar refractivity (Wildman–Crippen MR) is 91.8 cm³/mol. The van der Waals surface area contributed by atoms with Gasteiger partial charge in [0.05, 0.1) is 13.7 Å². The Hall–Kier alpha value is -2.28. The number of hydrogen-bond acceptors (Lipinski definition) is 4. The summed E-state index contributed by atoms with van der Waals surface area (Å²) in [4.78, 5) is 19.8. The number of carbonyl (C=O) groups is 1. The summed E-state index contributed by atoms with van der Waals surface area (Å²) in [5.41, 5.74) is 6.77. The van der Waals surface area contributed by atoms with Gasteiger partial charge in [-0.3, -0.25) is 14.7 Å². The fourth-order valence-corrected chi connectivity index (χ4v) is 2.46. The van der Waals surface area contributed by atoms with E-state index in [0.717, 1.165) is 44.2 Å². The zero-order valence-corrected chi connectivity index (χ0v) is 13.8. The molecule has 0 saturated carbocycles. The minimum Gasteiger partial charge on any atom is -0.497 e. The van der Waals surface area contributed by atoms with E-state index in [1.54, 1.807) is 14.0 Å². The van der Waals surface area contributed by atoms with Crippen molar-refractivity contribution in [2.75, 3.05) is 51.7 Å². The maximum absolute atomic E-state index is 11.3. The zero-order valence-electron chi connectivity index (χ0n) is 13.8. The van der Waals surface area contributed by atoms with Crippen LogP contribution in [-0.2, 0) is 4.79 Å². The van der Waals surface area contributed by atoms with Gasteiger partial charge in [-0.15, -0.1) is 0 Å². The van der Waals surface area contributed by atoms with Crippen molar-refractivity contribution in [3.63, 3.8) is 0 Å². The number of guanidine groups is 1. The second-order valence-corrected chi connectivity index (χ2v) is 5.47. The van der Waals surface area contributed by atoms with Crippen molar-refractivity contribution >= 4 is 17.6 Å². The molecule has 3 N–H and O–H groups in total. The van der Waals surface area contributed by atoms with Gasteiger partial charge in [-0.2, -0.15) is 0 Å². The summed E-state index contributed by atoms with van der Waals surface area (Å²) < 4.78 is 5.11. The van der Waals surface area contributed by atoms with E-state index in [2.05, 4.69) is 15.2 Å². The van der Waals surface area contributed by atoms with E-state index in [4.69, 9.17) is 10.5 Å². The molecule has 1 aliphatic rings. The first-order chi connectivity index (χ1) is 11.1. The largest absolute Gasteiger partial charge is 0.497 e. The molecule has 1 amide bonds. The van der Waals surface area contributed by atoms with Crippen molar-refractivity contribution in [2.45, 2.75) is 6.92 Å². The summed E-state index contributed by atoms with van der Waals surface area (Å²) in [6.07, 6.45) is 0. The third-order valence-corrected chi connectivity index (χ3v) is 3.88. The lowest BCUT2D eigenvalue weighted by Gasteiger charge is -2.33. The van der Waals surface area contributed by atoms with Crippen molar-refractivity contribution in [1.29, 1.82) is 0 Å². The number of benzene rings is 1. The second kappa shape index (κ2) is 8.38. The van der Waals surface area contributed by atoms with E-state index in [9.17, 15) is 4.79 Å². The Morgan fingerprint density at radius 1 is 1.26 bits per heavy atom. The van der Waals surface area contributed by atoms with Crippen LogP contribution in [0.4, 0.5) is 5.69 Å². The van der Waals surface area contributed by atoms with Crippen LogP contribution in [-0.4, -0.2) is 68.0 Å². The number of nitrogens with zero attached hydrogens (tertiary/aromatic N) is 3. The molecule has 1 heterocycles. The van der Waals surface area contributed by atoms with Crippen molar-refractivity contribution in [1.82, 2.24) is 9.80 Å². The van der Waals surface area contributed by atoms with Crippen LogP contribution in [0.15, 0.2) is 29.3 Å². The monoisotopic (exact) mass is 319 g/mol. The Morgan fingerprint density at radius 2 is 1.91 bits per heavy atom. The number of aliphatic imine (C=N–C) groups is 1. The SMILES string of the molecule is COc1ccc(NC(N)=NCCN2CCN(C(C)=O)CC2)cc1. The molecule has 1 saturated heterocycles. The van der Waals surface area contributed by atoms with Gasteiger partial charge in [0.25, 0.3) is 0 Å². The van der Waals surface area contributed by atoms with Gasteiger partial charge in [0.1, 0.15) is 5.75 Å². The molecule has 0 radical (unpaired) electrons. The summed E-state index contributed by atoms with van der Waals surface area (Å²) in [6, 6.07) is 7.51. The van der Waals surface area contributed by atoms with E-state index in [1.165, 1.54) is 0 Å². The zero-order chi connectivity index (χ0) is 16.7. The normalized spacial score (nSPS) is 16.3. The van der Waals surface area contributed by atoms with Gasteiger partial charge in [-0.25, -0.2) is 0 Å². The standard InChI is InChI=1S/C16H25N5O2/c1-13(22)21-11-9-20(10-12-21)8-7-18-16(17)19-14-3-5-15(23-2)6-4-14/h3-6H,7-12H2,1-2H3,(H3,17,18,19). The molecule has 0 atom stereocenters.